The second-order valence-corrected chi connectivity index (χ2v) is 5.19. The van der Waals surface area contributed by atoms with Gasteiger partial charge in [0.15, 0.2) is 0 Å². The third-order valence-electron chi connectivity index (χ3n) is 2.25. The summed E-state index contributed by atoms with van der Waals surface area (Å²) >= 11 is 3.29. The lowest BCUT2D eigenvalue weighted by Crippen LogP contribution is -2.25. The van der Waals surface area contributed by atoms with E-state index in [2.05, 4.69) is 29.8 Å². The highest BCUT2D eigenvalue weighted by Gasteiger charge is 2.16. The molecule has 14 heavy (non-hydrogen) atoms. The van der Waals surface area contributed by atoms with E-state index in [1.807, 2.05) is 12.1 Å². The predicted molar refractivity (Wildman–Crippen MR) is 62.3 cm³/mol. The zero-order valence-corrected chi connectivity index (χ0v) is 10.1. The van der Waals surface area contributed by atoms with Gasteiger partial charge in [0.2, 0.25) is 0 Å². The van der Waals surface area contributed by atoms with Crippen molar-refractivity contribution >= 4 is 15.9 Å². The van der Waals surface area contributed by atoms with Gasteiger partial charge in [-0.3, -0.25) is 0 Å². The Bertz CT molecular complexity index is 323. The molecule has 0 fully saturated rings. The van der Waals surface area contributed by atoms with Crippen LogP contribution in [0.15, 0.2) is 22.7 Å². The van der Waals surface area contributed by atoms with Gasteiger partial charge in [-0.25, -0.2) is 0 Å². The van der Waals surface area contributed by atoms with Crippen molar-refractivity contribution in [2.45, 2.75) is 20.3 Å². The van der Waals surface area contributed by atoms with E-state index in [0.717, 1.165) is 10.9 Å². The molecule has 0 atom stereocenters. The van der Waals surface area contributed by atoms with Crippen LogP contribution in [0.1, 0.15) is 19.4 Å². The number of nitrogens with two attached hydrogens (primary N) is 1. The largest absolute Gasteiger partial charge is 0.507 e. The molecule has 1 aromatic rings. The second kappa shape index (κ2) is 4.32. The normalized spacial score (nSPS) is 11.7. The molecule has 0 heterocycles. The van der Waals surface area contributed by atoms with Gasteiger partial charge in [-0.15, -0.1) is 0 Å². The van der Waals surface area contributed by atoms with E-state index >= 15 is 0 Å². The molecule has 0 aliphatic heterocycles. The van der Waals surface area contributed by atoms with E-state index in [9.17, 15) is 5.11 Å². The Morgan fingerprint density at radius 3 is 2.57 bits per heavy atom. The van der Waals surface area contributed by atoms with Crippen molar-refractivity contribution in [3.63, 3.8) is 0 Å². The van der Waals surface area contributed by atoms with Crippen LogP contribution in [-0.4, -0.2) is 11.7 Å². The molecular formula is C11H16BrNO. The van der Waals surface area contributed by atoms with Gasteiger partial charge >= 0.3 is 0 Å². The molecule has 0 amide bonds. The lowest BCUT2D eigenvalue weighted by Gasteiger charge is -2.22. The molecule has 2 nitrogen and oxygen atoms in total. The molecule has 0 aromatic heterocycles. The summed E-state index contributed by atoms with van der Waals surface area (Å²) < 4.78 is 0.739. The first kappa shape index (κ1) is 11.5. The van der Waals surface area contributed by atoms with Crippen LogP contribution in [0.5, 0.6) is 5.75 Å². The molecule has 0 spiro atoms. The van der Waals surface area contributed by atoms with E-state index in [-0.39, 0.29) is 11.2 Å². The van der Waals surface area contributed by atoms with E-state index < -0.39 is 0 Å². The number of hydrogen-bond donors (Lipinski definition) is 2. The summed E-state index contributed by atoms with van der Waals surface area (Å²) in [5.74, 6) is 0.277. The van der Waals surface area contributed by atoms with Gasteiger partial charge < -0.3 is 10.8 Å². The molecule has 0 saturated heterocycles. The van der Waals surface area contributed by atoms with Crippen LogP contribution in [0.2, 0.25) is 0 Å². The van der Waals surface area contributed by atoms with Crippen LogP contribution in [0.4, 0.5) is 0 Å². The maximum Gasteiger partial charge on any atom is 0.129 e. The fourth-order valence-corrected chi connectivity index (χ4v) is 1.71. The molecule has 1 rings (SSSR count). The van der Waals surface area contributed by atoms with Crippen molar-refractivity contribution in [1.29, 1.82) is 0 Å². The fraction of sp³-hybridized carbons (Fsp3) is 0.455. The van der Waals surface area contributed by atoms with Gasteiger partial charge in [0.05, 0.1) is 4.47 Å². The zero-order chi connectivity index (χ0) is 10.8. The first-order chi connectivity index (χ1) is 6.44. The number of phenols is 1. The minimum atomic E-state index is 0.108. The summed E-state index contributed by atoms with van der Waals surface area (Å²) in [6.45, 7) is 4.92. The van der Waals surface area contributed by atoms with Gasteiger partial charge in [0.1, 0.15) is 5.75 Å². The summed E-state index contributed by atoms with van der Waals surface area (Å²) in [7, 11) is 0. The Hall–Kier alpha value is -0.540. The van der Waals surface area contributed by atoms with Gasteiger partial charge in [0, 0.05) is 0 Å². The molecule has 3 heteroatoms. The molecule has 0 unspecified atom stereocenters. The Morgan fingerprint density at radius 1 is 1.43 bits per heavy atom. The first-order valence-electron chi connectivity index (χ1n) is 4.62. The Balaban J connectivity index is 2.83. The SMILES string of the molecule is CC(C)(CN)Cc1ccc(O)c(Br)c1. The van der Waals surface area contributed by atoms with Crippen LogP contribution < -0.4 is 5.73 Å². The molecule has 3 N–H and O–H groups in total. The minimum Gasteiger partial charge on any atom is -0.507 e. The summed E-state index contributed by atoms with van der Waals surface area (Å²) in [5, 5.41) is 9.33. The van der Waals surface area contributed by atoms with E-state index in [1.54, 1.807) is 6.07 Å². The van der Waals surface area contributed by atoms with Gasteiger partial charge in [0.25, 0.3) is 0 Å². The number of halogens is 1. The van der Waals surface area contributed by atoms with Gasteiger partial charge in [-0.05, 0) is 52.0 Å². The highest BCUT2D eigenvalue weighted by atomic mass is 79.9. The highest BCUT2D eigenvalue weighted by molar-refractivity contribution is 9.10. The summed E-state index contributed by atoms with van der Waals surface area (Å²) in [4.78, 5) is 0. The van der Waals surface area contributed by atoms with Gasteiger partial charge in [-0.1, -0.05) is 19.9 Å². The molecule has 0 radical (unpaired) electrons. The van der Waals surface area contributed by atoms with Gasteiger partial charge in [-0.2, -0.15) is 0 Å². The molecule has 78 valence electrons. The maximum absolute atomic E-state index is 9.33. The van der Waals surface area contributed by atoms with Crippen molar-refractivity contribution in [2.75, 3.05) is 6.54 Å². The standard InChI is InChI=1S/C11H16BrNO/c1-11(2,7-13)6-8-3-4-10(14)9(12)5-8/h3-5,14H,6-7,13H2,1-2H3. The van der Waals surface area contributed by atoms with Crippen LogP contribution in [0.3, 0.4) is 0 Å². The highest BCUT2D eigenvalue weighted by Crippen LogP contribution is 2.27. The quantitative estimate of drug-likeness (QED) is 0.875. The number of phenolic OH excluding ortho intramolecular Hbond substituents is 1. The Labute approximate surface area is 93.3 Å². The minimum absolute atomic E-state index is 0.108. The van der Waals surface area contributed by atoms with Crippen molar-refractivity contribution in [1.82, 2.24) is 0 Å². The van der Waals surface area contributed by atoms with Crippen molar-refractivity contribution in [2.24, 2.45) is 11.1 Å². The molecule has 1 aromatic carbocycles. The van der Waals surface area contributed by atoms with Crippen LogP contribution in [-0.2, 0) is 6.42 Å². The number of benzene rings is 1. The maximum atomic E-state index is 9.33. The van der Waals surface area contributed by atoms with E-state index in [1.165, 1.54) is 5.56 Å². The number of rotatable bonds is 3. The third-order valence-corrected chi connectivity index (χ3v) is 2.88. The number of aromatic hydroxyl groups is 1. The summed E-state index contributed by atoms with van der Waals surface area (Å²) in [6, 6.07) is 5.57. The predicted octanol–water partition coefficient (Wildman–Crippen LogP) is 2.68. The Kier molecular flexibility index (Phi) is 3.56. The van der Waals surface area contributed by atoms with Crippen molar-refractivity contribution < 1.29 is 5.11 Å². The number of hydrogen-bond acceptors (Lipinski definition) is 2. The molecule has 0 saturated carbocycles. The molecular weight excluding hydrogens is 242 g/mol. The zero-order valence-electron chi connectivity index (χ0n) is 8.55. The molecule has 0 aliphatic carbocycles. The molecule has 0 bridgehead atoms. The van der Waals surface area contributed by atoms with Crippen LogP contribution in [0.25, 0.3) is 0 Å². The topological polar surface area (TPSA) is 46.2 Å². The average Bonchev–Trinajstić information content (AvgIpc) is 2.11. The summed E-state index contributed by atoms with van der Waals surface area (Å²) in [6.07, 6.45) is 0.919. The Morgan fingerprint density at radius 2 is 2.07 bits per heavy atom. The van der Waals surface area contributed by atoms with Crippen molar-refractivity contribution in [3.05, 3.63) is 28.2 Å². The second-order valence-electron chi connectivity index (χ2n) is 4.33. The van der Waals surface area contributed by atoms with Crippen LogP contribution >= 0.6 is 15.9 Å². The lowest BCUT2D eigenvalue weighted by molar-refractivity contribution is 0.376. The summed E-state index contributed by atoms with van der Waals surface area (Å²) in [5.41, 5.74) is 6.95. The fourth-order valence-electron chi connectivity index (χ4n) is 1.29. The van der Waals surface area contributed by atoms with Crippen LogP contribution in [0, 0.1) is 5.41 Å². The first-order valence-corrected chi connectivity index (χ1v) is 5.41. The third kappa shape index (κ3) is 3.00. The van der Waals surface area contributed by atoms with E-state index in [0.29, 0.717) is 6.54 Å². The average molecular weight is 258 g/mol. The van der Waals surface area contributed by atoms with Crippen molar-refractivity contribution in [3.8, 4) is 5.75 Å². The molecule has 0 aliphatic rings. The smallest absolute Gasteiger partial charge is 0.129 e. The monoisotopic (exact) mass is 257 g/mol. The lowest BCUT2D eigenvalue weighted by atomic mass is 9.86. The van der Waals surface area contributed by atoms with E-state index in [4.69, 9.17) is 5.73 Å².